The van der Waals surface area contributed by atoms with Crippen LogP contribution >= 0.6 is 0 Å². The van der Waals surface area contributed by atoms with Crippen LogP contribution in [0.2, 0.25) is 0 Å². The molecule has 0 aliphatic heterocycles. The van der Waals surface area contributed by atoms with Crippen LogP contribution in [0, 0.1) is 23.6 Å². The average Bonchev–Trinajstić information content (AvgIpc) is 2.99. The van der Waals surface area contributed by atoms with Crippen molar-refractivity contribution >= 4 is 0 Å². The van der Waals surface area contributed by atoms with Crippen LogP contribution < -0.4 is 0 Å². The summed E-state index contributed by atoms with van der Waals surface area (Å²) < 4.78 is 51.1. The van der Waals surface area contributed by atoms with Gasteiger partial charge in [-0.3, -0.25) is 0 Å². The predicted molar refractivity (Wildman–Crippen MR) is 69.9 cm³/mol. The zero-order chi connectivity index (χ0) is 15.2. The van der Waals surface area contributed by atoms with Gasteiger partial charge in [0, 0.05) is 0 Å². The van der Waals surface area contributed by atoms with Crippen molar-refractivity contribution in [1.82, 2.24) is 0 Å². The first-order valence-electron chi connectivity index (χ1n) is 7.39. The molecule has 21 heavy (non-hydrogen) atoms. The van der Waals surface area contributed by atoms with Crippen molar-refractivity contribution in [1.29, 1.82) is 0 Å². The van der Waals surface area contributed by atoms with E-state index in [0.717, 1.165) is 18.4 Å². The first kappa shape index (κ1) is 14.8. The van der Waals surface area contributed by atoms with Gasteiger partial charge >= 0.3 is 6.18 Å². The Labute approximate surface area is 121 Å². The van der Waals surface area contributed by atoms with E-state index in [9.17, 15) is 22.7 Å². The molecule has 1 nitrogen and oxygen atoms in total. The van der Waals surface area contributed by atoms with Crippen molar-refractivity contribution < 1.29 is 22.7 Å². The fourth-order valence-electron chi connectivity index (χ4n) is 4.06. The van der Waals surface area contributed by atoms with Crippen molar-refractivity contribution in [3.05, 3.63) is 35.1 Å². The molecule has 0 heterocycles. The molecular formula is C16H18F4O. The molecule has 1 aromatic rings. The molecule has 3 rings (SSSR count). The Morgan fingerprint density at radius 1 is 1.19 bits per heavy atom. The van der Waals surface area contributed by atoms with Crippen LogP contribution in [0.15, 0.2) is 18.2 Å². The second kappa shape index (κ2) is 5.27. The highest BCUT2D eigenvalue weighted by atomic mass is 19.4. The van der Waals surface area contributed by atoms with E-state index in [-0.39, 0.29) is 5.56 Å². The van der Waals surface area contributed by atoms with Crippen molar-refractivity contribution in [2.45, 2.75) is 44.4 Å². The summed E-state index contributed by atoms with van der Waals surface area (Å²) in [6.07, 6.45) is -0.324. The number of aliphatic hydroxyl groups excluding tert-OH is 1. The van der Waals surface area contributed by atoms with Crippen LogP contribution in [0.25, 0.3) is 0 Å². The maximum absolute atomic E-state index is 13.5. The predicted octanol–water partition coefficient (Wildman–Crippen LogP) is 4.70. The molecule has 0 saturated heterocycles. The van der Waals surface area contributed by atoms with Crippen molar-refractivity contribution in [3.8, 4) is 0 Å². The van der Waals surface area contributed by atoms with Gasteiger partial charge in [0.25, 0.3) is 0 Å². The summed E-state index contributed by atoms with van der Waals surface area (Å²) in [4.78, 5) is 0. The van der Waals surface area contributed by atoms with Crippen LogP contribution in [-0.4, -0.2) is 5.11 Å². The number of rotatable bonds is 3. The smallest absolute Gasteiger partial charge is 0.388 e. The molecule has 0 radical (unpaired) electrons. The Balaban J connectivity index is 1.70. The van der Waals surface area contributed by atoms with Gasteiger partial charge < -0.3 is 5.11 Å². The number of hydrogen-bond acceptors (Lipinski definition) is 1. The molecule has 2 fully saturated rings. The zero-order valence-electron chi connectivity index (χ0n) is 11.5. The number of benzene rings is 1. The minimum absolute atomic E-state index is 0.239. The van der Waals surface area contributed by atoms with Gasteiger partial charge in [-0.15, -0.1) is 0 Å². The molecule has 0 aromatic heterocycles. The van der Waals surface area contributed by atoms with Crippen molar-refractivity contribution in [3.63, 3.8) is 0 Å². The number of aliphatic hydroxyl groups is 1. The molecule has 1 aromatic carbocycles. The first-order valence-corrected chi connectivity index (χ1v) is 7.39. The Morgan fingerprint density at radius 2 is 1.95 bits per heavy atom. The monoisotopic (exact) mass is 302 g/mol. The minimum atomic E-state index is -4.70. The van der Waals surface area contributed by atoms with E-state index in [0.29, 0.717) is 24.3 Å². The van der Waals surface area contributed by atoms with Gasteiger partial charge in [0.15, 0.2) is 0 Å². The quantitative estimate of drug-likeness (QED) is 0.802. The van der Waals surface area contributed by atoms with Crippen LogP contribution in [0.3, 0.4) is 0 Å². The lowest BCUT2D eigenvalue weighted by Crippen LogP contribution is -2.15. The summed E-state index contributed by atoms with van der Waals surface area (Å²) in [6, 6.07) is 2.72. The van der Waals surface area contributed by atoms with E-state index < -0.39 is 23.7 Å². The summed E-state index contributed by atoms with van der Waals surface area (Å²) in [5, 5.41) is 10.2. The van der Waals surface area contributed by atoms with Gasteiger partial charge in [-0.1, -0.05) is 12.5 Å². The summed E-state index contributed by atoms with van der Waals surface area (Å²) in [7, 11) is 0. The fourth-order valence-corrected chi connectivity index (χ4v) is 4.06. The van der Waals surface area contributed by atoms with E-state index in [1.54, 1.807) is 0 Å². The largest absolute Gasteiger partial charge is 0.419 e. The van der Waals surface area contributed by atoms with Crippen LogP contribution in [-0.2, 0) is 6.18 Å². The SMILES string of the molecule is OC(CC1CC2CCC1C2)c1ccc(C(F)(F)F)c(F)c1. The molecule has 2 aliphatic carbocycles. The molecule has 0 amide bonds. The second-order valence-electron chi connectivity index (χ2n) is 6.42. The van der Waals surface area contributed by atoms with E-state index in [2.05, 4.69) is 0 Å². The zero-order valence-corrected chi connectivity index (χ0v) is 11.5. The number of fused-ring (bicyclic) bond motifs is 2. The minimum Gasteiger partial charge on any atom is -0.388 e. The second-order valence-corrected chi connectivity index (χ2v) is 6.42. The highest BCUT2D eigenvalue weighted by molar-refractivity contribution is 5.28. The van der Waals surface area contributed by atoms with Crippen LogP contribution in [0.4, 0.5) is 17.6 Å². The summed E-state index contributed by atoms with van der Waals surface area (Å²) >= 11 is 0. The highest BCUT2D eigenvalue weighted by Crippen LogP contribution is 2.51. The highest BCUT2D eigenvalue weighted by Gasteiger charge is 2.40. The number of alkyl halides is 3. The molecule has 4 unspecified atom stereocenters. The molecule has 5 heteroatoms. The number of hydrogen-bond donors (Lipinski definition) is 1. The Morgan fingerprint density at radius 3 is 2.48 bits per heavy atom. The van der Waals surface area contributed by atoms with E-state index in [4.69, 9.17) is 0 Å². The average molecular weight is 302 g/mol. The van der Waals surface area contributed by atoms with Gasteiger partial charge in [-0.2, -0.15) is 13.2 Å². The summed E-state index contributed by atoms with van der Waals surface area (Å²) in [5.41, 5.74) is -1.04. The molecule has 1 N–H and O–H groups in total. The standard InChI is InChI=1S/C16H18F4O/c17-14-7-11(3-4-13(14)16(18,19)20)15(21)8-12-6-9-1-2-10(12)5-9/h3-4,7,9-10,12,15,21H,1-2,5-6,8H2. The summed E-state index contributed by atoms with van der Waals surface area (Å²) in [5.74, 6) is 0.483. The number of halogens is 4. The molecule has 2 aliphatic rings. The normalized spacial score (nSPS) is 29.9. The Hall–Kier alpha value is -1.10. The third-order valence-corrected chi connectivity index (χ3v) is 5.09. The van der Waals surface area contributed by atoms with Crippen LogP contribution in [0.5, 0.6) is 0 Å². The third kappa shape index (κ3) is 2.93. The maximum atomic E-state index is 13.5. The molecule has 2 bridgehead atoms. The third-order valence-electron chi connectivity index (χ3n) is 5.09. The lowest BCUT2D eigenvalue weighted by molar-refractivity contribution is -0.140. The Kier molecular flexibility index (Phi) is 3.72. The fraction of sp³-hybridized carbons (Fsp3) is 0.625. The van der Waals surface area contributed by atoms with Crippen LogP contribution in [0.1, 0.15) is 49.3 Å². The van der Waals surface area contributed by atoms with Gasteiger partial charge in [0.2, 0.25) is 0 Å². The molecular weight excluding hydrogens is 284 g/mol. The van der Waals surface area contributed by atoms with Gasteiger partial charge in [0.1, 0.15) is 5.82 Å². The Bertz CT molecular complexity index is 525. The van der Waals surface area contributed by atoms with Gasteiger partial charge in [-0.25, -0.2) is 4.39 Å². The molecule has 4 atom stereocenters. The lowest BCUT2D eigenvalue weighted by atomic mass is 9.83. The van der Waals surface area contributed by atoms with Gasteiger partial charge in [-0.05, 0) is 61.1 Å². The summed E-state index contributed by atoms with van der Waals surface area (Å²) in [6.45, 7) is 0. The van der Waals surface area contributed by atoms with Crippen molar-refractivity contribution in [2.24, 2.45) is 17.8 Å². The van der Waals surface area contributed by atoms with E-state index >= 15 is 0 Å². The molecule has 2 saturated carbocycles. The molecule has 116 valence electrons. The van der Waals surface area contributed by atoms with E-state index in [1.165, 1.54) is 25.3 Å². The van der Waals surface area contributed by atoms with E-state index in [1.807, 2.05) is 0 Å². The molecule has 0 spiro atoms. The first-order chi connectivity index (χ1) is 9.84. The topological polar surface area (TPSA) is 20.2 Å². The van der Waals surface area contributed by atoms with Gasteiger partial charge in [0.05, 0.1) is 11.7 Å². The lowest BCUT2D eigenvalue weighted by Gasteiger charge is -2.24. The maximum Gasteiger partial charge on any atom is 0.419 e. The van der Waals surface area contributed by atoms with Crippen molar-refractivity contribution in [2.75, 3.05) is 0 Å².